The molecule has 0 bridgehead atoms. The largest absolute Gasteiger partial charge is 0.350 e. The fourth-order valence-corrected chi connectivity index (χ4v) is 2.68. The summed E-state index contributed by atoms with van der Waals surface area (Å²) in [5.41, 5.74) is 5.06. The van der Waals surface area contributed by atoms with E-state index in [1.165, 1.54) is 16.7 Å². The minimum Gasteiger partial charge on any atom is -0.350 e. The van der Waals surface area contributed by atoms with Crippen molar-refractivity contribution in [2.24, 2.45) is 0 Å². The molecule has 0 aliphatic heterocycles. The highest BCUT2D eigenvalue weighted by Gasteiger charge is 2.15. The smallest absolute Gasteiger partial charge is 0.220 e. The quantitative estimate of drug-likeness (QED) is 0.814. The van der Waals surface area contributed by atoms with Crippen LogP contribution in [0.5, 0.6) is 0 Å². The SMILES string of the molecule is Cc1ccc(CCC(=O)N[C@H](C)c2ccc(C(C)(C)C)cc2)cc1. The second-order valence-corrected chi connectivity index (χ2v) is 7.65. The maximum Gasteiger partial charge on any atom is 0.220 e. The zero-order valence-electron chi connectivity index (χ0n) is 15.5. The van der Waals surface area contributed by atoms with Crippen LogP contribution in [0, 0.1) is 6.92 Å². The summed E-state index contributed by atoms with van der Waals surface area (Å²) in [6.07, 6.45) is 1.30. The van der Waals surface area contributed by atoms with Gasteiger partial charge in [-0.3, -0.25) is 4.79 Å². The van der Waals surface area contributed by atoms with Crippen molar-refractivity contribution in [3.63, 3.8) is 0 Å². The highest BCUT2D eigenvalue weighted by atomic mass is 16.1. The van der Waals surface area contributed by atoms with Crippen molar-refractivity contribution < 1.29 is 4.79 Å². The number of nitrogens with one attached hydrogen (secondary N) is 1. The van der Waals surface area contributed by atoms with E-state index in [9.17, 15) is 4.79 Å². The van der Waals surface area contributed by atoms with Crippen molar-refractivity contribution in [2.75, 3.05) is 0 Å². The molecule has 2 rings (SSSR count). The molecule has 0 radical (unpaired) electrons. The van der Waals surface area contributed by atoms with Crippen LogP contribution in [0.25, 0.3) is 0 Å². The van der Waals surface area contributed by atoms with E-state index in [1.807, 2.05) is 6.92 Å². The van der Waals surface area contributed by atoms with Crippen LogP contribution in [0.2, 0.25) is 0 Å². The monoisotopic (exact) mass is 323 g/mol. The Hall–Kier alpha value is -2.09. The number of hydrogen-bond acceptors (Lipinski definition) is 1. The number of benzene rings is 2. The predicted molar refractivity (Wildman–Crippen MR) is 101 cm³/mol. The molecule has 0 saturated heterocycles. The molecule has 0 aliphatic carbocycles. The van der Waals surface area contributed by atoms with Crippen molar-refractivity contribution in [1.82, 2.24) is 5.32 Å². The molecule has 0 heterocycles. The third kappa shape index (κ3) is 5.23. The maximum absolute atomic E-state index is 12.2. The Morgan fingerprint density at radius 2 is 1.58 bits per heavy atom. The molecule has 2 aromatic rings. The lowest BCUT2D eigenvalue weighted by Gasteiger charge is -2.20. The molecule has 0 fully saturated rings. The second kappa shape index (κ2) is 7.65. The van der Waals surface area contributed by atoms with Crippen LogP contribution >= 0.6 is 0 Å². The van der Waals surface area contributed by atoms with Gasteiger partial charge >= 0.3 is 0 Å². The summed E-state index contributed by atoms with van der Waals surface area (Å²) in [6, 6.07) is 16.9. The van der Waals surface area contributed by atoms with E-state index in [2.05, 4.69) is 81.5 Å². The first-order chi connectivity index (χ1) is 11.3. The predicted octanol–water partition coefficient (Wildman–Crippen LogP) is 5.10. The molecule has 1 atom stereocenters. The average Bonchev–Trinajstić information content (AvgIpc) is 2.53. The first-order valence-electron chi connectivity index (χ1n) is 8.71. The number of carbonyl (C=O) groups is 1. The Morgan fingerprint density at radius 1 is 1.00 bits per heavy atom. The standard InChI is InChI=1S/C22H29NO/c1-16-6-8-18(9-7-16)10-15-21(24)23-17(2)19-11-13-20(14-12-19)22(3,4)5/h6-9,11-14,17H,10,15H2,1-5H3,(H,23,24)/t17-/m1/s1. The number of aryl methyl sites for hydroxylation is 2. The Balaban J connectivity index is 1.88. The van der Waals surface area contributed by atoms with Crippen LogP contribution in [0.3, 0.4) is 0 Å². The van der Waals surface area contributed by atoms with E-state index in [4.69, 9.17) is 0 Å². The Bertz CT molecular complexity index is 663. The molecule has 2 aromatic carbocycles. The van der Waals surface area contributed by atoms with E-state index in [0.29, 0.717) is 6.42 Å². The van der Waals surface area contributed by atoms with Gasteiger partial charge in [0.2, 0.25) is 5.91 Å². The molecule has 0 aliphatic rings. The van der Waals surface area contributed by atoms with E-state index < -0.39 is 0 Å². The number of amides is 1. The van der Waals surface area contributed by atoms with Crippen LogP contribution < -0.4 is 5.32 Å². The summed E-state index contributed by atoms with van der Waals surface area (Å²) in [5.74, 6) is 0.1000. The van der Waals surface area contributed by atoms with Crippen LogP contribution in [0.4, 0.5) is 0 Å². The molecule has 24 heavy (non-hydrogen) atoms. The third-order valence-corrected chi connectivity index (χ3v) is 4.42. The molecular weight excluding hydrogens is 294 g/mol. The summed E-state index contributed by atoms with van der Waals surface area (Å²) < 4.78 is 0. The zero-order valence-corrected chi connectivity index (χ0v) is 15.5. The summed E-state index contributed by atoms with van der Waals surface area (Å²) in [5, 5.41) is 3.10. The van der Waals surface area contributed by atoms with Gasteiger partial charge in [-0.1, -0.05) is 74.9 Å². The molecule has 0 aromatic heterocycles. The molecule has 0 saturated carbocycles. The minimum atomic E-state index is 0.0320. The normalized spacial score (nSPS) is 12.7. The molecule has 128 valence electrons. The summed E-state index contributed by atoms with van der Waals surface area (Å²) in [7, 11) is 0. The van der Waals surface area contributed by atoms with Gasteiger partial charge in [-0.25, -0.2) is 0 Å². The minimum absolute atomic E-state index is 0.0320. The van der Waals surface area contributed by atoms with Gasteiger partial charge in [0, 0.05) is 6.42 Å². The van der Waals surface area contributed by atoms with E-state index in [0.717, 1.165) is 12.0 Å². The first kappa shape index (κ1) is 18.3. The summed E-state index contributed by atoms with van der Waals surface area (Å²) >= 11 is 0. The van der Waals surface area contributed by atoms with Crippen LogP contribution in [-0.2, 0) is 16.6 Å². The van der Waals surface area contributed by atoms with Crippen molar-refractivity contribution in [1.29, 1.82) is 0 Å². The molecule has 2 heteroatoms. The second-order valence-electron chi connectivity index (χ2n) is 7.65. The molecule has 1 N–H and O–H groups in total. The van der Waals surface area contributed by atoms with Gasteiger partial charge < -0.3 is 5.32 Å². The Kier molecular flexibility index (Phi) is 5.82. The molecule has 0 spiro atoms. The van der Waals surface area contributed by atoms with Crippen LogP contribution in [-0.4, -0.2) is 5.91 Å². The molecule has 0 unspecified atom stereocenters. The van der Waals surface area contributed by atoms with Crippen molar-refractivity contribution in [3.05, 3.63) is 70.8 Å². The number of rotatable bonds is 5. The number of hydrogen-bond donors (Lipinski definition) is 1. The Labute approximate surface area is 146 Å². The molecular formula is C22H29NO. The van der Waals surface area contributed by atoms with Gasteiger partial charge in [0.05, 0.1) is 6.04 Å². The van der Waals surface area contributed by atoms with Gasteiger partial charge in [0.1, 0.15) is 0 Å². The van der Waals surface area contributed by atoms with Crippen LogP contribution in [0.15, 0.2) is 48.5 Å². The Morgan fingerprint density at radius 3 is 2.12 bits per heavy atom. The lowest BCUT2D eigenvalue weighted by atomic mass is 9.86. The van der Waals surface area contributed by atoms with Crippen molar-refractivity contribution in [2.45, 2.75) is 58.9 Å². The molecule has 2 nitrogen and oxygen atoms in total. The fraction of sp³-hybridized carbons (Fsp3) is 0.409. The summed E-state index contributed by atoms with van der Waals surface area (Å²) in [6.45, 7) is 10.7. The van der Waals surface area contributed by atoms with Crippen LogP contribution in [0.1, 0.15) is 62.4 Å². The zero-order chi connectivity index (χ0) is 17.7. The maximum atomic E-state index is 12.2. The van der Waals surface area contributed by atoms with Crippen molar-refractivity contribution >= 4 is 5.91 Å². The van der Waals surface area contributed by atoms with Gasteiger partial charge in [-0.15, -0.1) is 0 Å². The highest BCUT2D eigenvalue weighted by molar-refractivity contribution is 5.76. The van der Waals surface area contributed by atoms with Gasteiger partial charge in [0.25, 0.3) is 0 Å². The van der Waals surface area contributed by atoms with Crippen molar-refractivity contribution in [3.8, 4) is 0 Å². The lowest BCUT2D eigenvalue weighted by Crippen LogP contribution is -2.26. The summed E-state index contributed by atoms with van der Waals surface area (Å²) in [4.78, 5) is 12.2. The van der Waals surface area contributed by atoms with Gasteiger partial charge in [0.15, 0.2) is 0 Å². The highest BCUT2D eigenvalue weighted by Crippen LogP contribution is 2.24. The fourth-order valence-electron chi connectivity index (χ4n) is 2.68. The average molecular weight is 323 g/mol. The van der Waals surface area contributed by atoms with Gasteiger partial charge in [-0.2, -0.15) is 0 Å². The topological polar surface area (TPSA) is 29.1 Å². The lowest BCUT2D eigenvalue weighted by molar-refractivity contribution is -0.121. The van der Waals surface area contributed by atoms with Gasteiger partial charge in [-0.05, 0) is 42.4 Å². The third-order valence-electron chi connectivity index (χ3n) is 4.42. The number of carbonyl (C=O) groups excluding carboxylic acids is 1. The van der Waals surface area contributed by atoms with E-state index >= 15 is 0 Å². The van der Waals surface area contributed by atoms with E-state index in [-0.39, 0.29) is 17.4 Å². The first-order valence-corrected chi connectivity index (χ1v) is 8.71. The van der Waals surface area contributed by atoms with E-state index in [1.54, 1.807) is 0 Å². The molecule has 1 amide bonds.